The zero-order valence-corrected chi connectivity index (χ0v) is 17.2. The van der Waals surface area contributed by atoms with Crippen LogP contribution in [-0.4, -0.2) is 17.0 Å². The number of nitrogens with zero attached hydrogens (tertiary/aromatic N) is 1. The van der Waals surface area contributed by atoms with Crippen molar-refractivity contribution in [2.75, 3.05) is 0 Å². The third-order valence-corrected chi connectivity index (χ3v) is 5.07. The second-order valence-corrected chi connectivity index (χ2v) is 7.92. The van der Waals surface area contributed by atoms with Crippen LogP contribution < -0.4 is 10.1 Å². The quantitative estimate of drug-likeness (QED) is 0.707. The van der Waals surface area contributed by atoms with Crippen LogP contribution in [0, 0.1) is 6.92 Å². The van der Waals surface area contributed by atoms with Crippen LogP contribution in [0.2, 0.25) is 0 Å². The van der Waals surface area contributed by atoms with Gasteiger partial charge in [0.15, 0.2) is 5.17 Å². The van der Waals surface area contributed by atoms with E-state index in [9.17, 15) is 9.59 Å². The van der Waals surface area contributed by atoms with Gasteiger partial charge in [-0.25, -0.2) is 0 Å². The van der Waals surface area contributed by atoms with E-state index in [1.807, 2.05) is 49.4 Å². The summed E-state index contributed by atoms with van der Waals surface area (Å²) in [7, 11) is 0. The van der Waals surface area contributed by atoms with Gasteiger partial charge in [-0.15, -0.1) is 0 Å². The molecule has 2 amide bonds. The first-order valence-corrected chi connectivity index (χ1v) is 9.80. The van der Waals surface area contributed by atoms with Gasteiger partial charge in [-0.1, -0.05) is 45.8 Å². The molecule has 2 aromatic rings. The number of aryl methyl sites for hydroxylation is 1. The van der Waals surface area contributed by atoms with Crippen molar-refractivity contribution in [3.05, 3.63) is 68.5 Å². The molecule has 138 valence electrons. The summed E-state index contributed by atoms with van der Waals surface area (Å²) >= 11 is 4.58. The lowest BCUT2D eigenvalue weighted by Gasteiger charge is -2.10. The molecule has 1 aliphatic rings. The number of aliphatic imine (C=N–C) groups is 1. The molecule has 0 saturated heterocycles. The standard InChI is InChI=1S/C20H17BrN2O3S/c1-12-3-5-14(6-4-12)11-26-17-8-7-16(21)9-15(17)10-18-19(25)23-20(27-18)22-13(2)24/h3-10H,11H2,1-2H3,(H,22,23,24,25). The van der Waals surface area contributed by atoms with Crippen molar-refractivity contribution < 1.29 is 14.3 Å². The molecule has 0 fully saturated rings. The normalized spacial score (nSPS) is 15.0. The van der Waals surface area contributed by atoms with Gasteiger partial charge >= 0.3 is 0 Å². The predicted octanol–water partition coefficient (Wildman–Crippen LogP) is 4.44. The van der Waals surface area contributed by atoms with Crippen molar-refractivity contribution in [2.24, 2.45) is 4.99 Å². The lowest BCUT2D eigenvalue weighted by atomic mass is 10.1. The summed E-state index contributed by atoms with van der Waals surface area (Å²) in [6.45, 7) is 3.84. The van der Waals surface area contributed by atoms with E-state index < -0.39 is 0 Å². The number of hydrogen-bond donors (Lipinski definition) is 1. The number of benzene rings is 2. The maximum absolute atomic E-state index is 12.1. The Morgan fingerprint density at radius 1 is 1.26 bits per heavy atom. The van der Waals surface area contributed by atoms with Crippen molar-refractivity contribution in [1.29, 1.82) is 0 Å². The van der Waals surface area contributed by atoms with E-state index >= 15 is 0 Å². The summed E-state index contributed by atoms with van der Waals surface area (Å²) in [5.41, 5.74) is 3.01. The summed E-state index contributed by atoms with van der Waals surface area (Å²) in [5.74, 6) is 0.0146. The second kappa shape index (κ2) is 8.54. The van der Waals surface area contributed by atoms with Crippen molar-refractivity contribution in [2.45, 2.75) is 20.5 Å². The van der Waals surface area contributed by atoms with Crippen LogP contribution in [0.5, 0.6) is 5.75 Å². The van der Waals surface area contributed by atoms with Crippen molar-refractivity contribution in [1.82, 2.24) is 5.32 Å². The molecule has 2 aromatic carbocycles. The van der Waals surface area contributed by atoms with Crippen LogP contribution in [0.25, 0.3) is 6.08 Å². The molecule has 27 heavy (non-hydrogen) atoms. The van der Waals surface area contributed by atoms with Gasteiger partial charge in [0.1, 0.15) is 12.4 Å². The summed E-state index contributed by atoms with van der Waals surface area (Å²) in [5, 5.41) is 2.82. The molecule has 3 rings (SSSR count). The third-order valence-electron chi connectivity index (χ3n) is 3.68. The fraction of sp³-hybridized carbons (Fsp3) is 0.150. The first-order valence-electron chi connectivity index (χ1n) is 8.19. The summed E-state index contributed by atoms with van der Waals surface area (Å²) in [4.78, 5) is 27.5. The second-order valence-electron chi connectivity index (χ2n) is 5.97. The molecular formula is C20H17BrN2O3S. The molecule has 0 bridgehead atoms. The zero-order valence-electron chi connectivity index (χ0n) is 14.8. The number of amides is 2. The lowest BCUT2D eigenvalue weighted by Crippen LogP contribution is -2.23. The maximum Gasteiger partial charge on any atom is 0.286 e. The number of amidine groups is 1. The molecule has 0 radical (unpaired) electrons. The SMILES string of the molecule is CC(=O)NC1=NC(=O)C(=Cc2cc(Br)ccc2OCc2ccc(C)cc2)S1. The highest BCUT2D eigenvalue weighted by Gasteiger charge is 2.23. The zero-order chi connectivity index (χ0) is 19.4. The molecule has 0 unspecified atom stereocenters. The molecule has 1 aliphatic heterocycles. The highest BCUT2D eigenvalue weighted by Crippen LogP contribution is 2.32. The number of carbonyl (C=O) groups excluding carboxylic acids is 2. The Kier molecular flexibility index (Phi) is 6.13. The average molecular weight is 445 g/mol. The van der Waals surface area contributed by atoms with Crippen molar-refractivity contribution in [3.63, 3.8) is 0 Å². The number of hydrogen-bond acceptors (Lipinski definition) is 4. The Bertz CT molecular complexity index is 952. The van der Waals surface area contributed by atoms with Gasteiger partial charge in [0.25, 0.3) is 5.91 Å². The van der Waals surface area contributed by atoms with Crippen LogP contribution in [0.3, 0.4) is 0 Å². The Morgan fingerprint density at radius 3 is 2.70 bits per heavy atom. The molecule has 0 spiro atoms. The van der Waals surface area contributed by atoms with Crippen molar-refractivity contribution in [3.8, 4) is 5.75 Å². The van der Waals surface area contributed by atoms with Gasteiger partial charge in [0, 0.05) is 17.0 Å². The number of nitrogens with one attached hydrogen (secondary N) is 1. The van der Waals surface area contributed by atoms with E-state index in [1.165, 1.54) is 12.5 Å². The third kappa shape index (κ3) is 5.30. The highest BCUT2D eigenvalue weighted by molar-refractivity contribution is 9.10. The first-order chi connectivity index (χ1) is 12.9. The molecule has 1 heterocycles. The van der Waals surface area contributed by atoms with E-state index in [0.717, 1.165) is 27.4 Å². The minimum absolute atomic E-state index is 0.264. The molecule has 0 aliphatic carbocycles. The molecular weight excluding hydrogens is 428 g/mol. The number of halogens is 1. The number of ether oxygens (including phenoxy) is 1. The van der Waals surface area contributed by atoms with Crippen LogP contribution in [0.15, 0.2) is 56.8 Å². The van der Waals surface area contributed by atoms with E-state index in [0.29, 0.717) is 17.3 Å². The predicted molar refractivity (Wildman–Crippen MR) is 111 cm³/mol. The van der Waals surface area contributed by atoms with E-state index in [4.69, 9.17) is 4.74 Å². The van der Waals surface area contributed by atoms with Gasteiger partial charge in [-0.3, -0.25) is 9.59 Å². The molecule has 1 N–H and O–H groups in total. The number of rotatable bonds is 4. The maximum atomic E-state index is 12.1. The van der Waals surface area contributed by atoms with Gasteiger partial charge in [0.05, 0.1) is 4.91 Å². The van der Waals surface area contributed by atoms with Crippen LogP contribution >= 0.6 is 27.7 Å². The van der Waals surface area contributed by atoms with Crippen LogP contribution in [0.1, 0.15) is 23.6 Å². The minimum atomic E-state index is -0.381. The summed E-state index contributed by atoms with van der Waals surface area (Å²) in [6, 6.07) is 13.7. The van der Waals surface area contributed by atoms with E-state index in [1.54, 1.807) is 6.08 Å². The van der Waals surface area contributed by atoms with Crippen molar-refractivity contribution >= 4 is 50.7 Å². The fourth-order valence-electron chi connectivity index (χ4n) is 2.36. The minimum Gasteiger partial charge on any atom is -0.488 e. The van der Waals surface area contributed by atoms with Gasteiger partial charge < -0.3 is 10.1 Å². The molecule has 0 saturated carbocycles. The van der Waals surface area contributed by atoms with Crippen LogP contribution in [0.4, 0.5) is 0 Å². The Labute approximate surface area is 170 Å². The van der Waals surface area contributed by atoms with Gasteiger partial charge in [-0.05, 0) is 48.5 Å². The monoisotopic (exact) mass is 444 g/mol. The van der Waals surface area contributed by atoms with Crippen LogP contribution in [-0.2, 0) is 16.2 Å². The van der Waals surface area contributed by atoms with Gasteiger partial charge in [0.2, 0.25) is 5.91 Å². The molecule has 5 nitrogen and oxygen atoms in total. The Morgan fingerprint density at radius 2 is 2.00 bits per heavy atom. The topological polar surface area (TPSA) is 67.8 Å². The molecule has 0 atom stereocenters. The molecule has 7 heteroatoms. The lowest BCUT2D eigenvalue weighted by molar-refractivity contribution is -0.117. The first kappa shape index (κ1) is 19.4. The van der Waals surface area contributed by atoms with E-state index in [-0.39, 0.29) is 17.0 Å². The molecule has 0 aromatic heterocycles. The summed E-state index contributed by atoms with van der Waals surface area (Å²) in [6.07, 6.45) is 1.72. The average Bonchev–Trinajstić information content (AvgIpc) is 2.94. The number of thioether (sulfide) groups is 1. The van der Waals surface area contributed by atoms with E-state index in [2.05, 4.69) is 26.2 Å². The Balaban J connectivity index is 1.79. The Hall–Kier alpha value is -2.38. The summed E-state index contributed by atoms with van der Waals surface area (Å²) < 4.78 is 6.83. The fourth-order valence-corrected chi connectivity index (χ4v) is 3.59. The highest BCUT2D eigenvalue weighted by atomic mass is 79.9. The smallest absolute Gasteiger partial charge is 0.286 e. The van der Waals surface area contributed by atoms with Gasteiger partial charge in [-0.2, -0.15) is 4.99 Å². The largest absolute Gasteiger partial charge is 0.488 e. The number of carbonyl (C=O) groups is 2.